The van der Waals surface area contributed by atoms with E-state index in [1.807, 2.05) is 33.8 Å². The van der Waals surface area contributed by atoms with Crippen LogP contribution >= 0.6 is 67.8 Å². The molecule has 1 aromatic rings. The van der Waals surface area contributed by atoms with Crippen LogP contribution in [0.15, 0.2) is 6.07 Å². The molecule has 2 rings (SSSR count). The van der Waals surface area contributed by atoms with Crippen LogP contribution in [0.1, 0.15) is 58.9 Å². The monoisotopic (exact) mass is 782 g/mol. The van der Waals surface area contributed by atoms with Gasteiger partial charge in [0.15, 0.2) is 0 Å². The number of carbonyl (C=O) groups excluding carboxylic acids is 4. The minimum Gasteiger partial charge on any atom is -0.443 e. The maximum Gasteiger partial charge on any atom is 0.412 e. The van der Waals surface area contributed by atoms with Crippen molar-refractivity contribution in [2.24, 2.45) is 5.92 Å². The summed E-state index contributed by atoms with van der Waals surface area (Å²) in [7, 11) is 0. The van der Waals surface area contributed by atoms with Crippen LogP contribution in [0.3, 0.4) is 0 Å². The number of benzene rings is 1. The number of hydroxylamine groups is 2. The van der Waals surface area contributed by atoms with Crippen LogP contribution in [0.2, 0.25) is 0 Å². The van der Waals surface area contributed by atoms with Gasteiger partial charge in [0.2, 0.25) is 0 Å². The largest absolute Gasteiger partial charge is 0.443 e. The van der Waals surface area contributed by atoms with Gasteiger partial charge in [-0.3, -0.25) is 14.9 Å². The number of hydrogen-bond acceptors (Lipinski definition) is 6. The fourth-order valence-corrected chi connectivity index (χ4v) is 6.93. The van der Waals surface area contributed by atoms with Crippen LogP contribution < -0.4 is 5.32 Å². The van der Waals surface area contributed by atoms with E-state index in [2.05, 4.69) is 73.1 Å². The van der Waals surface area contributed by atoms with Gasteiger partial charge in [-0.05, 0) is 113 Å². The molecule has 1 fully saturated rings. The first-order valence-corrected chi connectivity index (χ1v) is 13.4. The van der Waals surface area contributed by atoms with Gasteiger partial charge in [0.05, 0.1) is 11.6 Å². The summed E-state index contributed by atoms with van der Waals surface area (Å²) in [4.78, 5) is 53.8. The summed E-state index contributed by atoms with van der Waals surface area (Å²) in [6, 6.07) is 1.92. The number of carbonyl (C=O) groups is 4. The predicted molar refractivity (Wildman–Crippen MR) is 144 cm³/mol. The fraction of sp³-hybridized carbons (Fsp3) is 0.524. The zero-order valence-electron chi connectivity index (χ0n) is 18.2. The molecule has 0 saturated carbocycles. The first-order chi connectivity index (χ1) is 14.9. The Morgan fingerprint density at radius 3 is 2.25 bits per heavy atom. The smallest absolute Gasteiger partial charge is 0.412 e. The van der Waals surface area contributed by atoms with E-state index in [-0.39, 0.29) is 12.8 Å². The van der Waals surface area contributed by atoms with Crippen molar-refractivity contribution in [1.29, 1.82) is 0 Å². The lowest BCUT2D eigenvalue weighted by atomic mass is 9.97. The molecular formula is C21H25I3N2O6. The Kier molecular flexibility index (Phi) is 10.00. The highest BCUT2D eigenvalue weighted by molar-refractivity contribution is 14.1. The van der Waals surface area contributed by atoms with Crippen LogP contribution in [0, 0.1) is 16.6 Å². The molecule has 0 aromatic heterocycles. The van der Waals surface area contributed by atoms with Crippen molar-refractivity contribution >= 4 is 97.3 Å². The second-order valence-corrected chi connectivity index (χ2v) is 11.3. The molecule has 3 amide bonds. The molecule has 8 nitrogen and oxygen atoms in total. The highest BCUT2D eigenvalue weighted by Gasteiger charge is 2.35. The van der Waals surface area contributed by atoms with E-state index >= 15 is 0 Å². The van der Waals surface area contributed by atoms with E-state index < -0.39 is 35.4 Å². The van der Waals surface area contributed by atoms with Gasteiger partial charge < -0.3 is 9.57 Å². The van der Waals surface area contributed by atoms with E-state index in [9.17, 15) is 19.2 Å². The molecule has 1 aliphatic heterocycles. The average Bonchev–Trinajstić information content (AvgIpc) is 3.02. The van der Waals surface area contributed by atoms with Crippen molar-refractivity contribution in [3.8, 4) is 0 Å². The molecular weight excluding hydrogens is 757 g/mol. The topological polar surface area (TPSA) is 102 Å². The number of nitrogens with zero attached hydrogens (tertiary/aromatic N) is 1. The summed E-state index contributed by atoms with van der Waals surface area (Å²) >= 11 is 6.50. The highest BCUT2D eigenvalue weighted by Crippen LogP contribution is 2.34. The number of hydrogen-bond donors (Lipinski definition) is 1. The third kappa shape index (κ3) is 6.90. The average molecular weight is 782 g/mol. The molecule has 0 radical (unpaired) electrons. The lowest BCUT2D eigenvalue weighted by molar-refractivity contribution is -0.200. The van der Waals surface area contributed by atoms with Crippen molar-refractivity contribution in [3.63, 3.8) is 0 Å². The number of amides is 3. The molecule has 0 spiro atoms. The standard InChI is InChI=1S/C21H25I3N2O6/c1-5-11(19(29)32-26-15(27)7-8-16(26)28)9-12-13(22)10-14(23)18(17(12)24)25-20(30)31-21(3,4)6-2/h10-11H,5-9H2,1-4H3,(H,25,30). The molecule has 0 aliphatic carbocycles. The molecule has 176 valence electrons. The van der Waals surface area contributed by atoms with Crippen LogP contribution in [0.4, 0.5) is 10.5 Å². The van der Waals surface area contributed by atoms with Crippen LogP contribution in [0.5, 0.6) is 0 Å². The predicted octanol–water partition coefficient (Wildman–Crippen LogP) is 5.41. The number of imide groups is 1. The van der Waals surface area contributed by atoms with Crippen molar-refractivity contribution in [1.82, 2.24) is 5.06 Å². The normalized spacial score (nSPS) is 15.0. The Balaban J connectivity index is 2.23. The van der Waals surface area contributed by atoms with Crippen LogP contribution in [-0.2, 0) is 30.4 Å². The minimum atomic E-state index is -0.625. The molecule has 1 heterocycles. The maximum absolute atomic E-state index is 12.7. The molecule has 0 bridgehead atoms. The first-order valence-electron chi connectivity index (χ1n) is 10.1. The second kappa shape index (κ2) is 11.6. The molecule has 1 unspecified atom stereocenters. The van der Waals surface area contributed by atoms with Gasteiger partial charge in [-0.1, -0.05) is 13.8 Å². The lowest BCUT2D eigenvalue weighted by Gasteiger charge is -2.24. The Bertz CT molecular complexity index is 919. The minimum absolute atomic E-state index is 0.0514. The summed E-state index contributed by atoms with van der Waals surface area (Å²) in [5, 5.41) is 3.41. The number of rotatable bonds is 8. The molecule has 1 aromatic carbocycles. The van der Waals surface area contributed by atoms with Crippen molar-refractivity contribution < 1.29 is 28.8 Å². The number of anilines is 1. The van der Waals surface area contributed by atoms with Gasteiger partial charge in [0.1, 0.15) is 5.60 Å². The molecule has 1 aliphatic rings. The van der Waals surface area contributed by atoms with Gasteiger partial charge in [0, 0.05) is 23.6 Å². The molecule has 32 heavy (non-hydrogen) atoms. The summed E-state index contributed by atoms with van der Waals surface area (Å²) in [6.07, 6.45) is 1.03. The summed E-state index contributed by atoms with van der Waals surface area (Å²) in [6.45, 7) is 7.47. The van der Waals surface area contributed by atoms with Gasteiger partial charge in [-0.25, -0.2) is 9.59 Å². The van der Waals surface area contributed by atoms with Gasteiger partial charge >= 0.3 is 12.1 Å². The Hall–Kier alpha value is -0.710. The Morgan fingerprint density at radius 1 is 1.12 bits per heavy atom. The molecule has 1 saturated heterocycles. The number of nitrogens with one attached hydrogen (secondary N) is 1. The van der Waals surface area contributed by atoms with Crippen molar-refractivity contribution in [2.45, 2.75) is 65.4 Å². The van der Waals surface area contributed by atoms with Crippen molar-refractivity contribution in [3.05, 3.63) is 22.3 Å². The summed E-state index contributed by atoms with van der Waals surface area (Å²) in [5.74, 6) is -2.19. The number of ether oxygens (including phenoxy) is 1. The zero-order valence-corrected chi connectivity index (χ0v) is 24.7. The fourth-order valence-electron chi connectivity index (χ4n) is 2.85. The first kappa shape index (κ1) is 27.5. The SMILES string of the molecule is CCC(Cc1c(I)cc(I)c(NC(=O)OC(C)(C)CC)c1I)C(=O)ON1C(=O)CCC1=O. The lowest BCUT2D eigenvalue weighted by Crippen LogP contribution is -2.35. The Labute approximate surface area is 228 Å². The third-order valence-electron chi connectivity index (χ3n) is 5.18. The van der Waals surface area contributed by atoms with E-state index in [0.29, 0.717) is 30.0 Å². The van der Waals surface area contributed by atoms with Crippen LogP contribution in [-0.4, -0.2) is 34.5 Å². The summed E-state index contributed by atoms with van der Waals surface area (Å²) < 4.78 is 8.08. The second-order valence-electron chi connectivity index (χ2n) is 7.94. The van der Waals surface area contributed by atoms with Gasteiger partial charge in [0.25, 0.3) is 11.8 Å². The van der Waals surface area contributed by atoms with Gasteiger partial charge in [-0.15, -0.1) is 5.06 Å². The third-order valence-corrected chi connectivity index (χ3v) is 8.18. The maximum atomic E-state index is 12.7. The van der Waals surface area contributed by atoms with E-state index in [0.717, 1.165) is 16.3 Å². The van der Waals surface area contributed by atoms with Crippen molar-refractivity contribution in [2.75, 3.05) is 5.32 Å². The van der Waals surface area contributed by atoms with Crippen LogP contribution in [0.25, 0.3) is 0 Å². The Morgan fingerprint density at radius 2 is 1.72 bits per heavy atom. The van der Waals surface area contributed by atoms with E-state index in [1.165, 1.54) is 0 Å². The number of halogens is 3. The molecule has 11 heteroatoms. The van der Waals surface area contributed by atoms with E-state index in [1.54, 1.807) is 0 Å². The quantitative estimate of drug-likeness (QED) is 0.280. The van der Waals surface area contributed by atoms with Gasteiger partial charge in [-0.2, -0.15) is 0 Å². The van der Waals surface area contributed by atoms with E-state index in [4.69, 9.17) is 9.57 Å². The zero-order chi connectivity index (χ0) is 24.2. The highest BCUT2D eigenvalue weighted by atomic mass is 127. The molecule has 1 atom stereocenters. The molecule has 1 N–H and O–H groups in total. The summed E-state index contributed by atoms with van der Waals surface area (Å²) in [5.41, 5.74) is 0.903.